The smallest absolute Gasteiger partial charge is 0.264 e. The largest absolute Gasteiger partial charge is 0.397 e. The van der Waals surface area contributed by atoms with Crippen LogP contribution in [0.3, 0.4) is 0 Å². The predicted molar refractivity (Wildman–Crippen MR) is 148 cm³/mol. The van der Waals surface area contributed by atoms with Crippen molar-refractivity contribution in [1.29, 1.82) is 5.26 Å². The SMILES string of the molecule is N#Cc1ccc(-c2cc(C(=O)N3CCCNCC3)sc2-c2cc(N)c(N(N)CC3(O)CCC3)c(F)c2F)cc1F. The number of amides is 1. The number of hydrogen-bond donors (Lipinski definition) is 4. The molecule has 5 rings (SSSR count). The summed E-state index contributed by atoms with van der Waals surface area (Å²) in [5.41, 5.74) is 4.75. The fourth-order valence-corrected chi connectivity index (χ4v) is 6.28. The van der Waals surface area contributed by atoms with Crippen molar-refractivity contribution in [2.75, 3.05) is 43.5 Å². The maximum absolute atomic E-state index is 15.7. The number of carbonyl (C=O) groups excluding carboxylic acids is 1. The van der Waals surface area contributed by atoms with Crippen molar-refractivity contribution in [3.63, 3.8) is 0 Å². The second-order valence-corrected chi connectivity index (χ2v) is 11.3. The number of halogens is 3. The Morgan fingerprint density at radius 3 is 2.58 bits per heavy atom. The molecule has 0 unspecified atom stereocenters. The molecular formula is C28H29F3N6O2S. The Morgan fingerprint density at radius 1 is 1.12 bits per heavy atom. The van der Waals surface area contributed by atoms with E-state index in [0.717, 1.165) is 41.8 Å². The van der Waals surface area contributed by atoms with Crippen LogP contribution in [0.5, 0.6) is 0 Å². The molecule has 3 aromatic rings. The number of benzene rings is 2. The van der Waals surface area contributed by atoms with E-state index in [1.807, 2.05) is 0 Å². The van der Waals surface area contributed by atoms with Gasteiger partial charge in [-0.2, -0.15) is 5.26 Å². The number of anilines is 2. The molecule has 2 heterocycles. The Labute approximate surface area is 233 Å². The summed E-state index contributed by atoms with van der Waals surface area (Å²) in [6.07, 6.45) is 2.56. The van der Waals surface area contributed by atoms with Crippen LogP contribution < -0.4 is 21.9 Å². The molecule has 0 bridgehead atoms. The quantitative estimate of drug-likeness (QED) is 0.200. The van der Waals surface area contributed by atoms with Gasteiger partial charge in [-0.1, -0.05) is 6.07 Å². The zero-order valence-corrected chi connectivity index (χ0v) is 22.5. The molecular weight excluding hydrogens is 541 g/mol. The number of aliphatic hydroxyl groups is 1. The van der Waals surface area contributed by atoms with Crippen molar-refractivity contribution in [3.8, 4) is 27.6 Å². The minimum atomic E-state index is -1.29. The minimum Gasteiger partial charge on any atom is -0.397 e. The van der Waals surface area contributed by atoms with Gasteiger partial charge in [-0.3, -0.25) is 4.79 Å². The third kappa shape index (κ3) is 5.25. The Balaban J connectivity index is 1.60. The van der Waals surface area contributed by atoms with E-state index in [4.69, 9.17) is 16.8 Å². The molecule has 6 N–H and O–H groups in total. The van der Waals surface area contributed by atoms with Gasteiger partial charge in [0.25, 0.3) is 5.91 Å². The number of nitrogens with two attached hydrogens (primary N) is 2. The van der Waals surface area contributed by atoms with Crippen LogP contribution in [0.25, 0.3) is 21.6 Å². The fourth-order valence-electron chi connectivity index (χ4n) is 5.12. The van der Waals surface area contributed by atoms with E-state index >= 15 is 8.78 Å². The predicted octanol–water partition coefficient (Wildman–Crippen LogP) is 3.98. The molecule has 2 fully saturated rings. The second-order valence-electron chi connectivity index (χ2n) is 10.3. The van der Waals surface area contributed by atoms with Crippen LogP contribution in [-0.4, -0.2) is 54.2 Å². The Hall–Kier alpha value is -3.63. The first-order chi connectivity index (χ1) is 19.1. The highest BCUT2D eigenvalue weighted by Crippen LogP contribution is 2.45. The normalized spacial score (nSPS) is 16.6. The molecule has 210 valence electrons. The van der Waals surface area contributed by atoms with E-state index in [2.05, 4.69) is 5.32 Å². The van der Waals surface area contributed by atoms with Gasteiger partial charge in [0.05, 0.1) is 28.3 Å². The van der Waals surface area contributed by atoms with E-state index in [1.54, 1.807) is 11.0 Å². The maximum Gasteiger partial charge on any atom is 0.264 e. The average Bonchev–Trinajstić information content (AvgIpc) is 3.16. The number of rotatable bonds is 6. The molecule has 0 spiro atoms. The number of nitriles is 1. The van der Waals surface area contributed by atoms with Gasteiger partial charge in [-0.25, -0.2) is 19.0 Å². The highest BCUT2D eigenvalue weighted by atomic mass is 32.1. The van der Waals surface area contributed by atoms with Crippen LogP contribution in [-0.2, 0) is 0 Å². The number of thiophene rings is 1. The van der Waals surface area contributed by atoms with E-state index in [1.165, 1.54) is 24.3 Å². The molecule has 8 nitrogen and oxygen atoms in total. The maximum atomic E-state index is 15.7. The van der Waals surface area contributed by atoms with Crippen molar-refractivity contribution in [2.45, 2.75) is 31.3 Å². The molecule has 1 saturated heterocycles. The Bertz CT molecular complexity index is 1490. The van der Waals surface area contributed by atoms with Crippen molar-refractivity contribution in [1.82, 2.24) is 10.2 Å². The Kier molecular flexibility index (Phi) is 7.74. The summed E-state index contributed by atoms with van der Waals surface area (Å²) in [6.45, 7) is 2.30. The van der Waals surface area contributed by atoms with Gasteiger partial charge in [0.1, 0.15) is 17.6 Å². The second kappa shape index (κ2) is 11.1. The standard InChI is InChI=1S/C28H29F3N6O2S/c29-20-11-16(3-4-17(20)14-32)18-13-22(27(38)36-9-2-7-35-8-10-36)40-26(18)19-12-21(33)25(24(31)23(19)30)37(34)15-28(39)5-1-6-28/h3-4,11-13,35,39H,1-2,5-10,15,33-34H2. The number of nitrogens with one attached hydrogen (secondary N) is 1. The molecule has 1 aliphatic carbocycles. The molecule has 0 atom stereocenters. The summed E-state index contributed by atoms with van der Waals surface area (Å²) in [4.78, 5) is 15.6. The molecule has 0 radical (unpaired) electrons. The lowest BCUT2D eigenvalue weighted by atomic mass is 9.80. The number of nitrogens with zero attached hydrogens (tertiary/aromatic N) is 3. The lowest BCUT2D eigenvalue weighted by Crippen LogP contribution is -2.51. The highest BCUT2D eigenvalue weighted by Gasteiger charge is 2.37. The summed E-state index contributed by atoms with van der Waals surface area (Å²) >= 11 is 0.954. The topological polar surface area (TPSA) is 132 Å². The van der Waals surface area contributed by atoms with Gasteiger partial charge in [0.15, 0.2) is 11.6 Å². The number of hydrazine groups is 1. The van der Waals surface area contributed by atoms with Crippen LogP contribution in [0.4, 0.5) is 24.5 Å². The van der Waals surface area contributed by atoms with Crippen LogP contribution in [0, 0.1) is 28.8 Å². The summed E-state index contributed by atoms with van der Waals surface area (Å²) in [7, 11) is 0. The van der Waals surface area contributed by atoms with Crippen molar-refractivity contribution < 1.29 is 23.1 Å². The fraction of sp³-hybridized carbons (Fsp3) is 0.357. The zero-order valence-electron chi connectivity index (χ0n) is 21.6. The molecule has 2 aromatic carbocycles. The number of nitrogen functional groups attached to an aromatic ring is 1. The van der Waals surface area contributed by atoms with E-state index < -0.39 is 23.1 Å². The van der Waals surface area contributed by atoms with E-state index in [9.17, 15) is 14.3 Å². The molecule has 1 aliphatic heterocycles. The van der Waals surface area contributed by atoms with Crippen molar-refractivity contribution in [2.24, 2.45) is 5.84 Å². The minimum absolute atomic E-state index is 0.120. The first kappa shape index (κ1) is 27.9. The third-order valence-corrected chi connectivity index (χ3v) is 8.62. The summed E-state index contributed by atoms with van der Waals surface area (Å²) in [5.74, 6) is 2.43. The first-order valence-corrected chi connectivity index (χ1v) is 13.8. The van der Waals surface area contributed by atoms with E-state index in [0.29, 0.717) is 38.0 Å². The molecule has 1 aromatic heterocycles. The number of carbonyl (C=O) groups is 1. The average molecular weight is 571 g/mol. The Morgan fingerprint density at radius 2 is 1.90 bits per heavy atom. The zero-order chi connectivity index (χ0) is 28.6. The van der Waals surface area contributed by atoms with Gasteiger partial charge in [-0.15, -0.1) is 11.3 Å². The van der Waals surface area contributed by atoms with Crippen LogP contribution in [0.1, 0.15) is 40.9 Å². The number of hydrogen-bond acceptors (Lipinski definition) is 8. The summed E-state index contributed by atoms with van der Waals surface area (Å²) < 4.78 is 45.9. The van der Waals surface area contributed by atoms with Gasteiger partial charge in [0, 0.05) is 35.6 Å². The highest BCUT2D eigenvalue weighted by molar-refractivity contribution is 7.18. The van der Waals surface area contributed by atoms with Gasteiger partial charge in [-0.05, 0) is 62.1 Å². The summed E-state index contributed by atoms with van der Waals surface area (Å²) in [6, 6.07) is 8.43. The van der Waals surface area contributed by atoms with Crippen molar-refractivity contribution in [3.05, 3.63) is 58.2 Å². The molecule has 12 heteroatoms. The van der Waals surface area contributed by atoms with Crippen LogP contribution >= 0.6 is 11.3 Å². The first-order valence-electron chi connectivity index (χ1n) is 13.0. The van der Waals surface area contributed by atoms with Gasteiger partial charge >= 0.3 is 0 Å². The lowest BCUT2D eigenvalue weighted by molar-refractivity contribution is -0.0256. The molecule has 1 saturated carbocycles. The monoisotopic (exact) mass is 570 g/mol. The van der Waals surface area contributed by atoms with E-state index in [-0.39, 0.29) is 50.3 Å². The summed E-state index contributed by atoms with van der Waals surface area (Å²) in [5, 5.41) is 23.7. The van der Waals surface area contributed by atoms with Crippen LogP contribution in [0.2, 0.25) is 0 Å². The van der Waals surface area contributed by atoms with Crippen molar-refractivity contribution >= 4 is 28.6 Å². The lowest BCUT2D eigenvalue weighted by Gasteiger charge is -2.40. The van der Waals surface area contributed by atoms with Crippen LogP contribution in [0.15, 0.2) is 30.3 Å². The molecule has 40 heavy (non-hydrogen) atoms. The third-order valence-electron chi connectivity index (χ3n) is 7.46. The van der Waals surface area contributed by atoms with Gasteiger partial charge in [0.2, 0.25) is 0 Å². The molecule has 2 aliphatic rings. The molecule has 1 amide bonds. The van der Waals surface area contributed by atoms with Gasteiger partial charge < -0.3 is 26.1 Å².